The van der Waals surface area contributed by atoms with Crippen LogP contribution in [0.4, 0.5) is 0 Å². The molecule has 0 bridgehead atoms. The summed E-state index contributed by atoms with van der Waals surface area (Å²) in [5, 5.41) is 9.68. The quantitative estimate of drug-likeness (QED) is 0.349. The van der Waals surface area contributed by atoms with Gasteiger partial charge in [-0.15, -0.1) is 11.8 Å². The van der Waals surface area contributed by atoms with Gasteiger partial charge in [0.25, 0.3) is 0 Å². The first kappa shape index (κ1) is 9.51. The molecule has 0 spiro atoms. The van der Waals surface area contributed by atoms with Gasteiger partial charge in [0.15, 0.2) is 0 Å². The average Bonchev–Trinajstić information content (AvgIpc) is 1.86. The summed E-state index contributed by atoms with van der Waals surface area (Å²) >= 11 is 1.65. The van der Waals surface area contributed by atoms with Crippen LogP contribution in [0.1, 0.15) is 27.2 Å². The maximum Gasteiger partial charge on any atom is 0.206 e. The van der Waals surface area contributed by atoms with Crippen LogP contribution in [0, 0.1) is 11.5 Å². The minimum Gasteiger partial charge on any atom is -0.171 e. The molecule has 0 aliphatic heterocycles. The Morgan fingerprint density at radius 2 is 2.30 bits per heavy atom. The van der Waals surface area contributed by atoms with Crippen LogP contribution in [0.5, 0.6) is 0 Å². The molecule has 0 fully saturated rings. The fourth-order valence-corrected chi connectivity index (χ4v) is 1.32. The third-order valence-corrected chi connectivity index (χ3v) is 1.97. The number of rotatable bonds is 2. The predicted octanol–water partition coefficient (Wildman–Crippen LogP) is 2.42. The predicted molar refractivity (Wildman–Crippen MR) is 46.1 cm³/mol. The molecule has 10 heavy (non-hydrogen) atoms. The molecule has 0 aliphatic rings. The molecule has 0 saturated heterocycles. The Bertz CT molecular complexity index is 155. The van der Waals surface area contributed by atoms with Crippen molar-refractivity contribution in [3.05, 3.63) is 0 Å². The summed E-state index contributed by atoms with van der Waals surface area (Å²) in [6.45, 7) is 6.19. The van der Waals surface area contributed by atoms with Crippen molar-refractivity contribution in [2.75, 3.05) is 0 Å². The number of hydrogen-bond acceptors (Lipinski definition) is 3. The van der Waals surface area contributed by atoms with E-state index >= 15 is 0 Å². The van der Waals surface area contributed by atoms with Crippen molar-refractivity contribution in [1.82, 2.24) is 0 Å². The molecule has 0 aromatic rings. The SMILES string of the molecule is CC/C(=N/C#N)SC(C)C. The summed E-state index contributed by atoms with van der Waals surface area (Å²) in [5.74, 6) is 0. The molecule has 0 aliphatic carbocycles. The molecule has 0 unspecified atom stereocenters. The minimum atomic E-state index is 0.520. The third-order valence-electron chi connectivity index (χ3n) is 0.849. The number of hydrogen-bond donors (Lipinski definition) is 0. The fourth-order valence-electron chi connectivity index (χ4n) is 0.517. The highest BCUT2D eigenvalue weighted by Gasteiger charge is 1.99. The van der Waals surface area contributed by atoms with Gasteiger partial charge in [-0.1, -0.05) is 20.8 Å². The van der Waals surface area contributed by atoms with Crippen molar-refractivity contribution in [1.29, 1.82) is 5.26 Å². The Kier molecular flexibility index (Phi) is 5.05. The highest BCUT2D eigenvalue weighted by Crippen LogP contribution is 2.13. The van der Waals surface area contributed by atoms with Crippen LogP contribution in [0.25, 0.3) is 0 Å². The van der Waals surface area contributed by atoms with Crippen molar-refractivity contribution in [3.63, 3.8) is 0 Å². The molecule has 0 radical (unpaired) electrons. The van der Waals surface area contributed by atoms with E-state index in [9.17, 15) is 0 Å². The summed E-state index contributed by atoms with van der Waals surface area (Å²) < 4.78 is 0. The van der Waals surface area contributed by atoms with Crippen molar-refractivity contribution in [3.8, 4) is 6.19 Å². The second-order valence-corrected chi connectivity index (χ2v) is 3.78. The summed E-state index contributed by atoms with van der Waals surface area (Å²) in [6, 6.07) is 0. The third kappa shape index (κ3) is 4.39. The normalized spacial score (nSPS) is 11.7. The Labute approximate surface area is 66.3 Å². The first-order valence-corrected chi connectivity index (χ1v) is 4.21. The Hall–Kier alpha value is -0.490. The van der Waals surface area contributed by atoms with Gasteiger partial charge in [0, 0.05) is 5.25 Å². The lowest BCUT2D eigenvalue weighted by atomic mass is 10.5. The van der Waals surface area contributed by atoms with Crippen molar-refractivity contribution in [2.45, 2.75) is 32.4 Å². The lowest BCUT2D eigenvalue weighted by Crippen LogP contribution is -1.95. The topological polar surface area (TPSA) is 36.1 Å². The molecular weight excluding hydrogens is 144 g/mol. The first-order chi connectivity index (χ1) is 4.70. The second kappa shape index (κ2) is 5.31. The Morgan fingerprint density at radius 1 is 1.70 bits per heavy atom. The number of nitrogens with zero attached hydrogens (tertiary/aromatic N) is 2. The first-order valence-electron chi connectivity index (χ1n) is 3.33. The van der Waals surface area contributed by atoms with E-state index < -0.39 is 0 Å². The molecule has 0 amide bonds. The van der Waals surface area contributed by atoms with Gasteiger partial charge in [0.2, 0.25) is 6.19 Å². The molecule has 0 aromatic heterocycles. The molecule has 2 nitrogen and oxygen atoms in total. The van der Waals surface area contributed by atoms with Gasteiger partial charge in [-0.2, -0.15) is 10.3 Å². The highest BCUT2D eigenvalue weighted by molar-refractivity contribution is 8.14. The molecular formula is C7H12N2S. The van der Waals surface area contributed by atoms with Crippen molar-refractivity contribution >= 4 is 16.8 Å². The van der Waals surface area contributed by atoms with Gasteiger partial charge in [-0.3, -0.25) is 0 Å². The molecule has 3 heteroatoms. The van der Waals surface area contributed by atoms with E-state index in [1.54, 1.807) is 18.0 Å². The van der Waals surface area contributed by atoms with Crippen LogP contribution in [0.2, 0.25) is 0 Å². The van der Waals surface area contributed by atoms with Gasteiger partial charge in [0.1, 0.15) is 0 Å². The highest BCUT2D eigenvalue weighted by atomic mass is 32.2. The number of nitriles is 1. The van der Waals surface area contributed by atoms with Gasteiger partial charge in [0.05, 0.1) is 5.04 Å². The van der Waals surface area contributed by atoms with Crippen molar-refractivity contribution < 1.29 is 0 Å². The van der Waals surface area contributed by atoms with Crippen LogP contribution in [0.3, 0.4) is 0 Å². The van der Waals surface area contributed by atoms with Gasteiger partial charge < -0.3 is 0 Å². The lowest BCUT2D eigenvalue weighted by Gasteiger charge is -2.02. The second-order valence-electron chi connectivity index (χ2n) is 2.13. The number of thioether (sulfide) groups is 1. The Morgan fingerprint density at radius 3 is 2.60 bits per heavy atom. The zero-order chi connectivity index (χ0) is 7.98. The van der Waals surface area contributed by atoms with E-state index in [-0.39, 0.29) is 0 Å². The minimum absolute atomic E-state index is 0.520. The summed E-state index contributed by atoms with van der Waals surface area (Å²) in [7, 11) is 0. The van der Waals surface area contributed by atoms with Crippen LogP contribution in [0.15, 0.2) is 4.99 Å². The largest absolute Gasteiger partial charge is 0.206 e. The smallest absolute Gasteiger partial charge is 0.171 e. The van der Waals surface area contributed by atoms with E-state index in [2.05, 4.69) is 18.8 Å². The molecule has 0 heterocycles. The summed E-state index contributed by atoms with van der Waals surface area (Å²) in [5.41, 5.74) is 0. The van der Waals surface area contributed by atoms with Crippen molar-refractivity contribution in [2.24, 2.45) is 4.99 Å². The van der Waals surface area contributed by atoms with E-state index in [0.717, 1.165) is 11.5 Å². The maximum atomic E-state index is 8.23. The molecule has 56 valence electrons. The maximum absolute atomic E-state index is 8.23. The molecule has 0 N–H and O–H groups in total. The van der Waals surface area contributed by atoms with Crippen LogP contribution in [-0.4, -0.2) is 10.3 Å². The van der Waals surface area contributed by atoms with E-state index in [4.69, 9.17) is 5.26 Å². The van der Waals surface area contributed by atoms with E-state index in [1.807, 2.05) is 6.92 Å². The van der Waals surface area contributed by atoms with E-state index in [1.165, 1.54) is 0 Å². The van der Waals surface area contributed by atoms with E-state index in [0.29, 0.717) is 5.25 Å². The summed E-state index contributed by atoms with van der Waals surface area (Å²) in [6.07, 6.45) is 2.65. The number of aliphatic imine (C=N–C) groups is 1. The fraction of sp³-hybridized carbons (Fsp3) is 0.714. The zero-order valence-electron chi connectivity index (χ0n) is 6.59. The van der Waals surface area contributed by atoms with Gasteiger partial charge in [-0.05, 0) is 6.42 Å². The van der Waals surface area contributed by atoms with Crippen LogP contribution < -0.4 is 0 Å². The van der Waals surface area contributed by atoms with Crippen LogP contribution >= 0.6 is 11.8 Å². The Balaban J connectivity index is 3.86. The average molecular weight is 156 g/mol. The van der Waals surface area contributed by atoms with Crippen LogP contribution in [-0.2, 0) is 0 Å². The zero-order valence-corrected chi connectivity index (χ0v) is 7.40. The standard InChI is InChI=1S/C7H12N2S/c1-4-7(9-5-8)10-6(2)3/h6H,4H2,1-3H3/b9-7-. The molecule has 0 saturated carbocycles. The van der Waals surface area contributed by atoms with Gasteiger partial charge >= 0.3 is 0 Å². The monoisotopic (exact) mass is 156 g/mol. The lowest BCUT2D eigenvalue weighted by molar-refractivity contribution is 1.12. The molecule has 0 rings (SSSR count). The molecule has 0 atom stereocenters. The van der Waals surface area contributed by atoms with Gasteiger partial charge in [-0.25, -0.2) is 0 Å². The molecule has 0 aromatic carbocycles. The summed E-state index contributed by atoms with van der Waals surface area (Å²) in [4.78, 5) is 3.67.